The summed E-state index contributed by atoms with van der Waals surface area (Å²) in [7, 11) is 0. The minimum Gasteiger partial charge on any atom is -0.355 e. The van der Waals surface area contributed by atoms with Gasteiger partial charge in [0.2, 0.25) is 0 Å². The topological polar surface area (TPSA) is 68.0 Å². The standard InChI is InChI=1S/C17H10ClN3O2S/c18-12-3-1-10(2-4-12)15-8-14(21-23-15)17(22)20-13-5-6-16-11(7-13)9-19-24-16/h1-9H,(H,20,22). The number of hydrogen-bond donors (Lipinski definition) is 1. The third kappa shape index (κ3) is 2.89. The second-order valence-corrected chi connectivity index (χ2v) is 6.39. The molecule has 0 atom stereocenters. The van der Waals surface area contributed by atoms with Crippen LogP contribution in [-0.4, -0.2) is 15.4 Å². The number of amides is 1. The molecule has 2 heterocycles. The molecule has 0 aliphatic rings. The SMILES string of the molecule is O=C(Nc1ccc2sncc2c1)c1cc(-c2ccc(Cl)cc2)on1. The van der Waals surface area contributed by atoms with Gasteiger partial charge in [-0.05, 0) is 54.0 Å². The Hall–Kier alpha value is -2.70. The van der Waals surface area contributed by atoms with E-state index in [2.05, 4.69) is 14.8 Å². The molecule has 24 heavy (non-hydrogen) atoms. The summed E-state index contributed by atoms with van der Waals surface area (Å²) in [4.78, 5) is 12.3. The first-order valence-corrected chi connectivity index (χ1v) is 8.23. The number of carbonyl (C=O) groups is 1. The van der Waals surface area contributed by atoms with Gasteiger partial charge < -0.3 is 9.84 Å². The van der Waals surface area contributed by atoms with Gasteiger partial charge in [-0.3, -0.25) is 4.79 Å². The lowest BCUT2D eigenvalue weighted by molar-refractivity contribution is 0.101. The molecule has 2 aromatic carbocycles. The van der Waals surface area contributed by atoms with Gasteiger partial charge >= 0.3 is 0 Å². The monoisotopic (exact) mass is 355 g/mol. The lowest BCUT2D eigenvalue weighted by Crippen LogP contribution is -2.11. The van der Waals surface area contributed by atoms with Gasteiger partial charge in [-0.25, -0.2) is 0 Å². The lowest BCUT2D eigenvalue weighted by atomic mass is 10.1. The van der Waals surface area contributed by atoms with E-state index in [0.717, 1.165) is 15.6 Å². The zero-order valence-electron chi connectivity index (χ0n) is 12.2. The molecule has 4 rings (SSSR count). The summed E-state index contributed by atoms with van der Waals surface area (Å²) >= 11 is 7.28. The molecule has 0 saturated heterocycles. The molecule has 118 valence electrons. The highest BCUT2D eigenvalue weighted by atomic mass is 35.5. The fraction of sp³-hybridized carbons (Fsp3) is 0. The van der Waals surface area contributed by atoms with Crippen LogP contribution in [0.25, 0.3) is 21.4 Å². The van der Waals surface area contributed by atoms with Crippen LogP contribution in [-0.2, 0) is 0 Å². The number of hydrogen-bond acceptors (Lipinski definition) is 5. The van der Waals surface area contributed by atoms with Gasteiger partial charge in [-0.2, -0.15) is 4.37 Å². The maximum Gasteiger partial charge on any atom is 0.277 e. The van der Waals surface area contributed by atoms with E-state index in [-0.39, 0.29) is 11.6 Å². The largest absolute Gasteiger partial charge is 0.355 e. The fourth-order valence-electron chi connectivity index (χ4n) is 2.28. The Morgan fingerprint density at radius 3 is 2.79 bits per heavy atom. The highest BCUT2D eigenvalue weighted by Crippen LogP contribution is 2.24. The highest BCUT2D eigenvalue weighted by Gasteiger charge is 2.14. The van der Waals surface area contributed by atoms with E-state index in [0.29, 0.717) is 16.5 Å². The van der Waals surface area contributed by atoms with Crippen molar-refractivity contribution in [2.75, 3.05) is 5.32 Å². The zero-order chi connectivity index (χ0) is 16.5. The van der Waals surface area contributed by atoms with Crippen molar-refractivity contribution in [1.29, 1.82) is 0 Å². The van der Waals surface area contributed by atoms with Crippen molar-refractivity contribution in [2.24, 2.45) is 0 Å². The van der Waals surface area contributed by atoms with Crippen LogP contribution < -0.4 is 5.32 Å². The van der Waals surface area contributed by atoms with E-state index in [9.17, 15) is 4.79 Å². The fourth-order valence-corrected chi connectivity index (χ4v) is 3.03. The summed E-state index contributed by atoms with van der Waals surface area (Å²) in [5.74, 6) is 0.177. The Kier molecular flexibility index (Phi) is 3.76. The van der Waals surface area contributed by atoms with Gasteiger partial charge in [0.15, 0.2) is 11.5 Å². The second-order valence-electron chi connectivity index (χ2n) is 5.12. The van der Waals surface area contributed by atoms with Gasteiger partial charge in [0.25, 0.3) is 5.91 Å². The number of fused-ring (bicyclic) bond motifs is 1. The van der Waals surface area contributed by atoms with Crippen LogP contribution in [0.1, 0.15) is 10.5 Å². The first-order chi connectivity index (χ1) is 11.7. The third-order valence-corrected chi connectivity index (χ3v) is 4.51. The molecule has 0 unspecified atom stereocenters. The van der Waals surface area contributed by atoms with Gasteiger partial charge in [0, 0.05) is 33.9 Å². The molecule has 1 N–H and O–H groups in total. The van der Waals surface area contributed by atoms with Crippen molar-refractivity contribution < 1.29 is 9.32 Å². The molecule has 4 aromatic rings. The molecular weight excluding hydrogens is 346 g/mol. The number of carbonyl (C=O) groups excluding carboxylic acids is 1. The van der Waals surface area contributed by atoms with Crippen molar-refractivity contribution in [2.45, 2.75) is 0 Å². The second kappa shape index (κ2) is 6.07. The Morgan fingerprint density at radius 1 is 1.12 bits per heavy atom. The number of nitrogens with one attached hydrogen (secondary N) is 1. The van der Waals surface area contributed by atoms with Crippen LogP contribution in [0, 0.1) is 0 Å². The number of anilines is 1. The molecule has 1 amide bonds. The van der Waals surface area contributed by atoms with Crippen LogP contribution in [0.5, 0.6) is 0 Å². The molecule has 0 aliphatic carbocycles. The molecule has 0 aliphatic heterocycles. The van der Waals surface area contributed by atoms with Crippen LogP contribution in [0.3, 0.4) is 0 Å². The van der Waals surface area contributed by atoms with E-state index in [1.807, 2.05) is 30.3 Å². The first kappa shape index (κ1) is 14.9. The van der Waals surface area contributed by atoms with Gasteiger partial charge in [0.1, 0.15) is 0 Å². The number of rotatable bonds is 3. The van der Waals surface area contributed by atoms with E-state index < -0.39 is 0 Å². The maximum absolute atomic E-state index is 12.3. The summed E-state index contributed by atoms with van der Waals surface area (Å²) in [5.41, 5.74) is 1.70. The average molecular weight is 356 g/mol. The molecule has 0 saturated carbocycles. The molecule has 0 radical (unpaired) electrons. The van der Waals surface area contributed by atoms with E-state index >= 15 is 0 Å². The molecule has 2 aromatic heterocycles. The number of aromatic nitrogens is 2. The summed E-state index contributed by atoms with van der Waals surface area (Å²) in [6.45, 7) is 0. The average Bonchev–Trinajstić information content (AvgIpc) is 3.24. The smallest absolute Gasteiger partial charge is 0.277 e. The summed E-state index contributed by atoms with van der Waals surface area (Å²) < 4.78 is 10.4. The summed E-state index contributed by atoms with van der Waals surface area (Å²) in [5, 5.41) is 8.26. The van der Waals surface area contributed by atoms with E-state index in [1.54, 1.807) is 24.4 Å². The molecule has 0 fully saturated rings. The predicted octanol–water partition coefficient (Wildman–Crippen LogP) is 4.86. The molecule has 7 heteroatoms. The minimum absolute atomic E-state index is 0.212. The van der Waals surface area contributed by atoms with E-state index in [1.165, 1.54) is 11.5 Å². The molecule has 5 nitrogen and oxygen atoms in total. The molecule has 0 bridgehead atoms. The Labute approximate surface area is 146 Å². The van der Waals surface area contributed by atoms with Gasteiger partial charge in [0.05, 0.1) is 4.70 Å². The van der Waals surface area contributed by atoms with Crippen molar-refractivity contribution in [3.63, 3.8) is 0 Å². The number of nitrogens with zero attached hydrogens (tertiary/aromatic N) is 2. The van der Waals surface area contributed by atoms with Crippen molar-refractivity contribution in [3.8, 4) is 11.3 Å². The third-order valence-electron chi connectivity index (χ3n) is 3.48. The minimum atomic E-state index is -0.332. The maximum atomic E-state index is 12.3. The van der Waals surface area contributed by atoms with Crippen LogP contribution >= 0.6 is 23.1 Å². The molecule has 0 spiro atoms. The quantitative estimate of drug-likeness (QED) is 0.570. The van der Waals surface area contributed by atoms with Gasteiger partial charge in [-0.15, -0.1) is 0 Å². The first-order valence-electron chi connectivity index (χ1n) is 7.07. The highest BCUT2D eigenvalue weighted by molar-refractivity contribution is 7.13. The van der Waals surface area contributed by atoms with Gasteiger partial charge in [-0.1, -0.05) is 16.8 Å². The molecular formula is C17H10ClN3O2S. The van der Waals surface area contributed by atoms with Crippen molar-refractivity contribution in [1.82, 2.24) is 9.53 Å². The zero-order valence-corrected chi connectivity index (χ0v) is 13.8. The summed E-state index contributed by atoms with van der Waals surface area (Å²) in [6.07, 6.45) is 1.77. The Bertz CT molecular complexity index is 1020. The van der Waals surface area contributed by atoms with Crippen LogP contribution in [0.15, 0.2) is 59.3 Å². The van der Waals surface area contributed by atoms with Crippen molar-refractivity contribution in [3.05, 3.63) is 65.4 Å². The van der Waals surface area contributed by atoms with Crippen molar-refractivity contribution >= 4 is 44.8 Å². The van der Waals surface area contributed by atoms with Crippen LogP contribution in [0.4, 0.5) is 5.69 Å². The van der Waals surface area contributed by atoms with E-state index in [4.69, 9.17) is 16.1 Å². The number of benzene rings is 2. The normalized spacial score (nSPS) is 10.9. The number of halogens is 1. The lowest BCUT2D eigenvalue weighted by Gasteiger charge is -2.02. The Morgan fingerprint density at radius 2 is 1.96 bits per heavy atom. The predicted molar refractivity (Wildman–Crippen MR) is 94.5 cm³/mol. The summed E-state index contributed by atoms with van der Waals surface area (Å²) in [6, 6.07) is 14.3. The Balaban J connectivity index is 1.55. The van der Waals surface area contributed by atoms with Crippen LogP contribution in [0.2, 0.25) is 5.02 Å².